The molecule has 0 saturated carbocycles. The molecule has 2 heteroatoms. The number of ether oxygens (including phenoxy) is 1. The van der Waals surface area contributed by atoms with Crippen molar-refractivity contribution in [3.8, 4) is 0 Å². The van der Waals surface area contributed by atoms with Crippen LogP contribution >= 0.6 is 0 Å². The first-order valence-electron chi connectivity index (χ1n) is 6.48. The van der Waals surface area contributed by atoms with Crippen LogP contribution < -0.4 is 0 Å². The summed E-state index contributed by atoms with van der Waals surface area (Å²) in [5.74, 6) is -0.0321. The Morgan fingerprint density at radius 3 is 1.94 bits per heavy atom. The van der Waals surface area contributed by atoms with Gasteiger partial charge in [0.05, 0.1) is 5.41 Å². The van der Waals surface area contributed by atoms with Gasteiger partial charge in [-0.15, -0.1) is 0 Å². The molecule has 0 fully saturated rings. The molecule has 0 N–H and O–H groups in total. The summed E-state index contributed by atoms with van der Waals surface area (Å²) in [6.45, 7) is 12.1. The number of esters is 1. The summed E-state index contributed by atoms with van der Waals surface area (Å²) in [4.78, 5) is 12.2. The Kier molecular flexibility index (Phi) is 6.06. The number of hydrogen-bond acceptors (Lipinski definition) is 2. The van der Waals surface area contributed by atoms with Crippen molar-refractivity contribution in [2.45, 2.75) is 79.2 Å². The highest BCUT2D eigenvalue weighted by Crippen LogP contribution is 2.32. The molecule has 96 valence electrons. The Morgan fingerprint density at radius 1 is 1.00 bits per heavy atom. The topological polar surface area (TPSA) is 26.3 Å². The first-order chi connectivity index (χ1) is 7.25. The van der Waals surface area contributed by atoms with Crippen molar-refractivity contribution in [3.05, 3.63) is 0 Å². The molecule has 1 unspecified atom stereocenters. The van der Waals surface area contributed by atoms with E-state index in [9.17, 15) is 4.79 Å². The zero-order valence-electron chi connectivity index (χ0n) is 11.9. The molecule has 0 rings (SSSR count). The SMILES string of the molecule is CCCCC(C)(CCC)C(=O)OC(C)(C)C. The van der Waals surface area contributed by atoms with E-state index in [1.54, 1.807) is 0 Å². The van der Waals surface area contributed by atoms with E-state index in [0.717, 1.165) is 32.1 Å². The van der Waals surface area contributed by atoms with E-state index in [1.165, 1.54) is 0 Å². The minimum atomic E-state index is -0.377. The van der Waals surface area contributed by atoms with E-state index in [4.69, 9.17) is 4.74 Å². The second-order valence-electron chi connectivity index (χ2n) is 5.92. The predicted molar refractivity (Wildman–Crippen MR) is 68.4 cm³/mol. The van der Waals surface area contributed by atoms with Crippen LogP contribution in [0.5, 0.6) is 0 Å². The molecule has 0 radical (unpaired) electrons. The quantitative estimate of drug-likeness (QED) is 0.633. The summed E-state index contributed by atoms with van der Waals surface area (Å²) in [6.07, 6.45) is 5.10. The molecule has 0 saturated heterocycles. The van der Waals surface area contributed by atoms with Crippen LogP contribution in [0.15, 0.2) is 0 Å². The molecule has 0 bridgehead atoms. The fourth-order valence-corrected chi connectivity index (χ4v) is 1.85. The number of carbonyl (C=O) groups is 1. The Hall–Kier alpha value is -0.530. The van der Waals surface area contributed by atoms with Crippen molar-refractivity contribution in [2.24, 2.45) is 5.41 Å². The van der Waals surface area contributed by atoms with Crippen molar-refractivity contribution in [2.75, 3.05) is 0 Å². The van der Waals surface area contributed by atoms with Gasteiger partial charge in [-0.2, -0.15) is 0 Å². The second-order valence-corrected chi connectivity index (χ2v) is 5.92. The van der Waals surface area contributed by atoms with E-state index in [2.05, 4.69) is 13.8 Å². The first kappa shape index (κ1) is 15.5. The lowest BCUT2D eigenvalue weighted by Gasteiger charge is -2.31. The van der Waals surface area contributed by atoms with Gasteiger partial charge >= 0.3 is 5.97 Å². The smallest absolute Gasteiger partial charge is 0.312 e. The van der Waals surface area contributed by atoms with Gasteiger partial charge in [-0.05, 0) is 40.5 Å². The summed E-state index contributed by atoms with van der Waals surface area (Å²) >= 11 is 0. The van der Waals surface area contributed by atoms with Crippen molar-refractivity contribution >= 4 is 5.97 Å². The first-order valence-corrected chi connectivity index (χ1v) is 6.48. The minimum Gasteiger partial charge on any atom is -0.460 e. The molecule has 0 heterocycles. The molecule has 0 aromatic carbocycles. The molecule has 16 heavy (non-hydrogen) atoms. The van der Waals surface area contributed by atoms with Crippen LogP contribution in [0.2, 0.25) is 0 Å². The maximum absolute atomic E-state index is 12.2. The highest BCUT2D eigenvalue weighted by Gasteiger charge is 2.35. The summed E-state index contributed by atoms with van der Waals surface area (Å²) < 4.78 is 5.51. The number of unbranched alkanes of at least 4 members (excludes halogenated alkanes) is 1. The summed E-state index contributed by atoms with van der Waals surface area (Å²) in [7, 11) is 0. The zero-order chi connectivity index (χ0) is 12.8. The van der Waals surface area contributed by atoms with E-state index in [1.807, 2.05) is 27.7 Å². The summed E-state index contributed by atoms with van der Waals surface area (Å²) in [5.41, 5.74) is -0.670. The fraction of sp³-hybridized carbons (Fsp3) is 0.929. The van der Waals surface area contributed by atoms with Gasteiger partial charge in [0.2, 0.25) is 0 Å². The van der Waals surface area contributed by atoms with Crippen LogP contribution in [-0.4, -0.2) is 11.6 Å². The van der Waals surface area contributed by atoms with E-state index in [0.29, 0.717) is 0 Å². The molecule has 1 atom stereocenters. The fourth-order valence-electron chi connectivity index (χ4n) is 1.85. The largest absolute Gasteiger partial charge is 0.460 e. The van der Waals surface area contributed by atoms with Crippen LogP contribution in [0, 0.1) is 5.41 Å². The Balaban J connectivity index is 4.56. The highest BCUT2D eigenvalue weighted by atomic mass is 16.6. The van der Waals surface area contributed by atoms with Gasteiger partial charge in [0, 0.05) is 0 Å². The monoisotopic (exact) mass is 228 g/mol. The van der Waals surface area contributed by atoms with E-state index < -0.39 is 0 Å². The van der Waals surface area contributed by atoms with Crippen LogP contribution in [-0.2, 0) is 9.53 Å². The number of rotatable bonds is 6. The van der Waals surface area contributed by atoms with Gasteiger partial charge in [-0.1, -0.05) is 33.1 Å². The average Bonchev–Trinajstić information content (AvgIpc) is 2.12. The molecule has 0 spiro atoms. The van der Waals surface area contributed by atoms with Crippen LogP contribution in [0.3, 0.4) is 0 Å². The zero-order valence-corrected chi connectivity index (χ0v) is 11.9. The third-order valence-corrected chi connectivity index (χ3v) is 2.78. The van der Waals surface area contributed by atoms with Gasteiger partial charge in [-0.3, -0.25) is 4.79 Å². The summed E-state index contributed by atoms with van der Waals surface area (Å²) in [6, 6.07) is 0. The highest BCUT2D eigenvalue weighted by molar-refractivity contribution is 5.76. The molecule has 0 aliphatic rings. The lowest BCUT2D eigenvalue weighted by Crippen LogP contribution is -2.35. The van der Waals surface area contributed by atoms with E-state index >= 15 is 0 Å². The molecule has 0 aliphatic heterocycles. The Labute approximate surface area is 101 Å². The van der Waals surface area contributed by atoms with Crippen molar-refractivity contribution in [1.29, 1.82) is 0 Å². The Bertz CT molecular complexity index is 215. The van der Waals surface area contributed by atoms with Gasteiger partial charge in [-0.25, -0.2) is 0 Å². The molecule has 0 aromatic heterocycles. The standard InChI is InChI=1S/C14H28O2/c1-7-9-11-14(6,10-8-2)12(15)16-13(3,4)5/h7-11H2,1-6H3. The van der Waals surface area contributed by atoms with Gasteiger partial charge in [0.25, 0.3) is 0 Å². The predicted octanol–water partition coefficient (Wildman–Crippen LogP) is 4.32. The van der Waals surface area contributed by atoms with Crippen LogP contribution in [0.25, 0.3) is 0 Å². The van der Waals surface area contributed by atoms with Crippen LogP contribution in [0.1, 0.15) is 73.6 Å². The van der Waals surface area contributed by atoms with E-state index in [-0.39, 0.29) is 17.0 Å². The van der Waals surface area contributed by atoms with Gasteiger partial charge < -0.3 is 4.74 Å². The molecule has 0 aromatic rings. The normalized spacial score (nSPS) is 15.6. The lowest BCUT2D eigenvalue weighted by molar-refractivity contribution is -0.167. The second kappa shape index (κ2) is 6.27. The third kappa shape index (κ3) is 5.53. The molecule has 0 amide bonds. The van der Waals surface area contributed by atoms with Crippen LogP contribution in [0.4, 0.5) is 0 Å². The maximum Gasteiger partial charge on any atom is 0.312 e. The number of hydrogen-bond donors (Lipinski definition) is 0. The minimum absolute atomic E-state index is 0.0321. The molecular weight excluding hydrogens is 200 g/mol. The average molecular weight is 228 g/mol. The Morgan fingerprint density at radius 2 is 1.56 bits per heavy atom. The summed E-state index contributed by atoms with van der Waals surface area (Å²) in [5, 5.41) is 0. The van der Waals surface area contributed by atoms with Gasteiger partial charge in [0.1, 0.15) is 5.60 Å². The maximum atomic E-state index is 12.2. The van der Waals surface area contributed by atoms with Crippen molar-refractivity contribution in [1.82, 2.24) is 0 Å². The molecule has 0 aliphatic carbocycles. The van der Waals surface area contributed by atoms with Gasteiger partial charge in [0.15, 0.2) is 0 Å². The number of carbonyl (C=O) groups excluding carboxylic acids is 1. The lowest BCUT2D eigenvalue weighted by atomic mass is 9.80. The van der Waals surface area contributed by atoms with Crippen molar-refractivity contribution in [3.63, 3.8) is 0 Å². The molecule has 2 nitrogen and oxygen atoms in total. The molecular formula is C14H28O2. The third-order valence-electron chi connectivity index (χ3n) is 2.78. The van der Waals surface area contributed by atoms with Crippen molar-refractivity contribution < 1.29 is 9.53 Å².